The van der Waals surface area contributed by atoms with Gasteiger partial charge in [-0.05, 0) is 47.6 Å². The summed E-state index contributed by atoms with van der Waals surface area (Å²) in [6.07, 6.45) is 0. The van der Waals surface area contributed by atoms with Gasteiger partial charge in [0.05, 0.1) is 5.41 Å². The molecule has 0 aliphatic carbocycles. The summed E-state index contributed by atoms with van der Waals surface area (Å²) in [5.74, 6) is -7.70. The first-order valence-electron chi connectivity index (χ1n) is 8.68. The van der Waals surface area contributed by atoms with Gasteiger partial charge in [-0.25, -0.2) is 14.0 Å². The van der Waals surface area contributed by atoms with Gasteiger partial charge in [-0.3, -0.25) is 0 Å². The van der Waals surface area contributed by atoms with Crippen LogP contribution in [0.5, 0.6) is 0 Å². The normalized spacial score (nSPS) is 14.0. The van der Waals surface area contributed by atoms with Crippen molar-refractivity contribution in [3.63, 3.8) is 0 Å². The van der Waals surface area contributed by atoms with Crippen LogP contribution in [0.15, 0.2) is 60.7 Å². The minimum atomic E-state index is -4.29. The fourth-order valence-electron chi connectivity index (χ4n) is 2.33. The molecular formula is C21H20F3IO4. The molecule has 0 heterocycles. The molecule has 0 spiro atoms. The third kappa shape index (κ3) is 5.09. The number of carbonyl (C=O) groups excluding carboxylic acids is 2. The summed E-state index contributed by atoms with van der Waals surface area (Å²) in [6, 6.07) is 16.6. The number of carbonyl (C=O) groups is 2. The van der Waals surface area contributed by atoms with E-state index in [-0.39, 0.29) is 6.61 Å². The molecule has 1 atom stereocenters. The fraction of sp³-hybridized carbons (Fsp3) is 0.333. The largest absolute Gasteiger partial charge is 0.458 e. The van der Waals surface area contributed by atoms with Crippen LogP contribution in [0.4, 0.5) is 13.2 Å². The number of hydrogen-bond acceptors (Lipinski definition) is 4. The fourth-order valence-corrected chi connectivity index (χ4v) is 2.83. The molecule has 4 nitrogen and oxygen atoms in total. The van der Waals surface area contributed by atoms with Crippen LogP contribution in [0.25, 0.3) is 0 Å². The molecule has 0 aromatic heterocycles. The summed E-state index contributed by atoms with van der Waals surface area (Å²) in [7, 11) is 0. The van der Waals surface area contributed by atoms with E-state index in [1.54, 1.807) is 60.7 Å². The van der Waals surface area contributed by atoms with Crippen LogP contribution in [0.3, 0.4) is 0 Å². The van der Waals surface area contributed by atoms with Gasteiger partial charge in [0.2, 0.25) is 0 Å². The van der Waals surface area contributed by atoms with Crippen molar-refractivity contribution in [1.82, 2.24) is 0 Å². The van der Waals surface area contributed by atoms with E-state index < -0.39 is 33.6 Å². The van der Waals surface area contributed by atoms with E-state index in [1.165, 1.54) is 0 Å². The van der Waals surface area contributed by atoms with Gasteiger partial charge in [-0.15, -0.1) is 0 Å². The molecule has 0 N–H and O–H groups in total. The van der Waals surface area contributed by atoms with Crippen molar-refractivity contribution >= 4 is 34.5 Å². The van der Waals surface area contributed by atoms with Crippen molar-refractivity contribution in [2.24, 2.45) is 5.41 Å². The van der Waals surface area contributed by atoms with Crippen LogP contribution in [-0.4, -0.2) is 21.5 Å². The zero-order valence-corrected chi connectivity index (χ0v) is 18.0. The van der Waals surface area contributed by atoms with E-state index in [1.807, 2.05) is 0 Å². The highest BCUT2D eigenvalue weighted by molar-refractivity contribution is 14.1. The Kier molecular flexibility index (Phi) is 7.31. The third-order valence-electron chi connectivity index (χ3n) is 4.51. The van der Waals surface area contributed by atoms with Crippen molar-refractivity contribution in [3.8, 4) is 0 Å². The molecule has 0 fully saturated rings. The molecule has 2 aromatic carbocycles. The highest BCUT2D eigenvalue weighted by atomic mass is 127. The maximum atomic E-state index is 15.2. The Bertz CT molecular complexity index is 770. The number of rotatable bonds is 8. The van der Waals surface area contributed by atoms with E-state index in [0.717, 1.165) is 36.4 Å². The maximum absolute atomic E-state index is 15.2. The molecule has 8 heteroatoms. The van der Waals surface area contributed by atoms with Gasteiger partial charge in [0.25, 0.3) is 3.68 Å². The van der Waals surface area contributed by atoms with Gasteiger partial charge >= 0.3 is 17.9 Å². The second-order valence-corrected chi connectivity index (χ2v) is 8.38. The number of ether oxygens (including phenoxy) is 2. The average molecular weight is 520 g/mol. The van der Waals surface area contributed by atoms with E-state index in [4.69, 9.17) is 4.74 Å². The third-order valence-corrected chi connectivity index (χ3v) is 6.30. The summed E-state index contributed by atoms with van der Waals surface area (Å²) < 4.78 is 51.2. The summed E-state index contributed by atoms with van der Waals surface area (Å²) in [6.45, 7) is 0.888. The molecule has 0 aliphatic heterocycles. The molecule has 29 heavy (non-hydrogen) atoms. The molecule has 0 saturated carbocycles. The van der Waals surface area contributed by atoms with Gasteiger partial charge in [0.15, 0.2) is 0 Å². The monoisotopic (exact) mass is 520 g/mol. The molecule has 0 radical (unpaired) electrons. The lowest BCUT2D eigenvalue weighted by Crippen LogP contribution is -2.57. The second kappa shape index (κ2) is 9.15. The molecule has 2 aromatic rings. The minimum absolute atomic E-state index is 0.283. The first kappa shape index (κ1) is 23.2. The predicted molar refractivity (Wildman–Crippen MR) is 109 cm³/mol. The number of hydrogen-bond donors (Lipinski definition) is 0. The van der Waals surface area contributed by atoms with Gasteiger partial charge in [0.1, 0.15) is 13.2 Å². The molecule has 156 valence electrons. The Morgan fingerprint density at radius 3 is 1.59 bits per heavy atom. The standard InChI is InChI=1S/C21H20F3IO4/c1-19(2,20(22,23)17(26)28-13-15-9-5-3-6-10-15)21(24,25)18(27)29-14-16-11-7-4-8-12-16/h3-12H,13-14H2,1-2H3. The quantitative estimate of drug-likeness (QED) is 0.272. The van der Waals surface area contributed by atoms with Crippen molar-refractivity contribution in [2.75, 3.05) is 0 Å². The lowest BCUT2D eigenvalue weighted by Gasteiger charge is -2.38. The smallest absolute Gasteiger partial charge is 0.378 e. The zero-order valence-electron chi connectivity index (χ0n) is 15.8. The Morgan fingerprint density at radius 2 is 1.17 bits per heavy atom. The predicted octanol–water partition coefficient (Wildman–Crippen LogP) is 5.24. The number of alkyl halides is 4. The van der Waals surface area contributed by atoms with Crippen molar-refractivity contribution in [2.45, 2.75) is 36.7 Å². The van der Waals surface area contributed by atoms with Gasteiger partial charge in [-0.2, -0.15) is 8.78 Å². The second-order valence-electron chi connectivity index (χ2n) is 6.90. The molecule has 0 bridgehead atoms. The molecule has 2 rings (SSSR count). The summed E-state index contributed by atoms with van der Waals surface area (Å²) in [5, 5.41) is 0. The van der Waals surface area contributed by atoms with Crippen LogP contribution in [-0.2, 0) is 32.3 Å². The molecular weight excluding hydrogens is 500 g/mol. The highest BCUT2D eigenvalue weighted by Crippen LogP contribution is 2.52. The lowest BCUT2D eigenvalue weighted by molar-refractivity contribution is -0.206. The number of halogens is 4. The van der Waals surface area contributed by atoms with E-state index in [9.17, 15) is 18.4 Å². The molecule has 0 saturated heterocycles. The first-order chi connectivity index (χ1) is 13.5. The Labute approximate surface area is 180 Å². The summed E-state index contributed by atoms with van der Waals surface area (Å²) >= 11 is 0.957. The van der Waals surface area contributed by atoms with Gasteiger partial charge < -0.3 is 9.47 Å². The number of benzene rings is 2. The van der Waals surface area contributed by atoms with Gasteiger partial charge in [0, 0.05) is 0 Å². The van der Waals surface area contributed by atoms with Crippen LogP contribution in [0, 0.1) is 5.41 Å². The molecule has 0 amide bonds. The average Bonchev–Trinajstić information content (AvgIpc) is 2.71. The molecule has 1 unspecified atom stereocenters. The zero-order chi connectivity index (χ0) is 21.7. The topological polar surface area (TPSA) is 52.6 Å². The summed E-state index contributed by atoms with van der Waals surface area (Å²) in [4.78, 5) is 24.3. The van der Waals surface area contributed by atoms with Crippen molar-refractivity contribution in [1.29, 1.82) is 0 Å². The van der Waals surface area contributed by atoms with Crippen molar-refractivity contribution in [3.05, 3.63) is 71.8 Å². The van der Waals surface area contributed by atoms with Crippen LogP contribution >= 0.6 is 22.6 Å². The first-order valence-corrected chi connectivity index (χ1v) is 9.76. The maximum Gasteiger partial charge on any atom is 0.378 e. The van der Waals surface area contributed by atoms with Gasteiger partial charge in [-0.1, -0.05) is 60.7 Å². The van der Waals surface area contributed by atoms with Crippen LogP contribution in [0.1, 0.15) is 25.0 Å². The Morgan fingerprint density at radius 1 is 0.793 bits per heavy atom. The minimum Gasteiger partial charge on any atom is -0.458 e. The molecule has 0 aliphatic rings. The highest BCUT2D eigenvalue weighted by Gasteiger charge is 2.68. The Hall–Kier alpha value is -2.10. The van der Waals surface area contributed by atoms with Crippen molar-refractivity contribution < 1.29 is 32.2 Å². The Balaban J connectivity index is 2.09. The van der Waals surface area contributed by atoms with E-state index >= 15 is 4.39 Å². The van der Waals surface area contributed by atoms with E-state index in [2.05, 4.69) is 4.74 Å². The SMILES string of the molecule is CC(C)(C(F)(F)C(=O)OCc1ccccc1)C(F)(I)C(=O)OCc1ccccc1. The summed E-state index contributed by atoms with van der Waals surface area (Å²) in [5.41, 5.74) is -1.67. The van der Waals surface area contributed by atoms with E-state index in [0.29, 0.717) is 11.1 Å². The van der Waals surface area contributed by atoms with Crippen LogP contribution < -0.4 is 0 Å². The lowest BCUT2D eigenvalue weighted by atomic mass is 9.80. The number of esters is 2. The van der Waals surface area contributed by atoms with Crippen LogP contribution in [0.2, 0.25) is 0 Å².